The third-order valence-corrected chi connectivity index (χ3v) is 6.80. The molecular formula is C21H26N2OS. The quantitative estimate of drug-likeness (QED) is 0.827. The number of amides is 1. The van der Waals surface area contributed by atoms with Gasteiger partial charge in [0.05, 0.1) is 5.70 Å². The van der Waals surface area contributed by atoms with Gasteiger partial charge < -0.3 is 10.2 Å². The van der Waals surface area contributed by atoms with Crippen LogP contribution in [0.4, 0.5) is 0 Å². The molecule has 1 unspecified atom stereocenters. The molecule has 132 valence electrons. The van der Waals surface area contributed by atoms with Gasteiger partial charge in [-0.15, -0.1) is 18.3 Å². The van der Waals surface area contributed by atoms with E-state index in [4.69, 9.17) is 0 Å². The van der Waals surface area contributed by atoms with Crippen LogP contribution in [0.1, 0.15) is 43.2 Å². The molecule has 0 saturated heterocycles. The summed E-state index contributed by atoms with van der Waals surface area (Å²) in [6.07, 6.45) is 10.9. The molecule has 0 bridgehead atoms. The second-order valence-corrected chi connectivity index (χ2v) is 8.32. The standard InChI is InChI=1S/C21H26N2OS/c1-3-13-23-19(24)17-18(22-20(23)25-2)16-10-6-5-9-15(16)14-21(17)11-7-4-8-12-21/h3,5-6,9-10,20,22H,1,4,7-8,11-14H2,2H3. The van der Waals surface area contributed by atoms with Crippen molar-refractivity contribution in [3.05, 3.63) is 53.6 Å². The van der Waals surface area contributed by atoms with Crippen LogP contribution in [0.5, 0.6) is 0 Å². The van der Waals surface area contributed by atoms with Crippen molar-refractivity contribution in [1.82, 2.24) is 10.2 Å². The number of nitrogens with one attached hydrogen (secondary N) is 1. The molecule has 25 heavy (non-hydrogen) atoms. The number of fused-ring (bicyclic) bond motifs is 3. The summed E-state index contributed by atoms with van der Waals surface area (Å²) in [5, 5.41) is 3.70. The van der Waals surface area contributed by atoms with Crippen molar-refractivity contribution in [2.24, 2.45) is 5.41 Å². The molecule has 1 N–H and O–H groups in total. The summed E-state index contributed by atoms with van der Waals surface area (Å²) in [6.45, 7) is 4.44. The third kappa shape index (κ3) is 2.62. The van der Waals surface area contributed by atoms with Crippen molar-refractivity contribution in [2.75, 3.05) is 12.8 Å². The highest BCUT2D eigenvalue weighted by molar-refractivity contribution is 7.99. The Kier molecular flexibility index (Phi) is 4.40. The number of rotatable bonds is 3. The lowest BCUT2D eigenvalue weighted by atomic mass is 9.61. The van der Waals surface area contributed by atoms with Crippen molar-refractivity contribution in [3.63, 3.8) is 0 Å². The normalized spacial score (nSPS) is 24.6. The van der Waals surface area contributed by atoms with Crippen molar-refractivity contribution in [2.45, 2.75) is 44.0 Å². The topological polar surface area (TPSA) is 32.3 Å². The van der Waals surface area contributed by atoms with E-state index in [0.29, 0.717) is 6.54 Å². The average Bonchev–Trinajstić information content (AvgIpc) is 2.64. The number of benzene rings is 1. The molecule has 1 spiro atoms. The smallest absolute Gasteiger partial charge is 0.255 e. The first-order valence-electron chi connectivity index (χ1n) is 9.24. The molecule has 1 aromatic rings. The molecule has 1 heterocycles. The van der Waals surface area contributed by atoms with Gasteiger partial charge in [0, 0.05) is 23.1 Å². The van der Waals surface area contributed by atoms with Crippen LogP contribution < -0.4 is 5.32 Å². The van der Waals surface area contributed by atoms with Gasteiger partial charge in [0.1, 0.15) is 0 Å². The van der Waals surface area contributed by atoms with Crippen LogP contribution in [0.3, 0.4) is 0 Å². The minimum absolute atomic E-state index is 0.00875. The van der Waals surface area contributed by atoms with Gasteiger partial charge in [0.25, 0.3) is 5.91 Å². The SMILES string of the molecule is C=CCN1C(=O)C2=C(NC1SC)c1ccccc1CC21CCCCC1. The number of carbonyl (C=O) groups excluding carboxylic acids is 1. The van der Waals surface area contributed by atoms with Crippen LogP contribution in [0, 0.1) is 5.41 Å². The van der Waals surface area contributed by atoms with E-state index in [1.54, 1.807) is 11.8 Å². The Morgan fingerprint density at radius 3 is 2.80 bits per heavy atom. The summed E-state index contributed by atoms with van der Waals surface area (Å²) in [5.41, 5.74) is 4.72. The third-order valence-electron chi connectivity index (χ3n) is 5.98. The maximum absolute atomic E-state index is 13.6. The van der Waals surface area contributed by atoms with Crippen molar-refractivity contribution in [1.29, 1.82) is 0 Å². The lowest BCUT2D eigenvalue weighted by molar-refractivity contribution is -0.129. The van der Waals surface area contributed by atoms with Crippen molar-refractivity contribution in [3.8, 4) is 0 Å². The number of carbonyl (C=O) groups is 1. The Labute approximate surface area is 154 Å². The van der Waals surface area contributed by atoms with Gasteiger partial charge in [-0.1, -0.05) is 49.6 Å². The zero-order chi connectivity index (χ0) is 17.4. The molecule has 1 fully saturated rings. The van der Waals surface area contributed by atoms with E-state index in [2.05, 4.69) is 42.4 Å². The minimum atomic E-state index is -0.0314. The highest BCUT2D eigenvalue weighted by atomic mass is 32.2. The average molecular weight is 355 g/mol. The van der Waals surface area contributed by atoms with Crippen LogP contribution in [0.25, 0.3) is 5.70 Å². The maximum atomic E-state index is 13.6. The lowest BCUT2D eigenvalue weighted by Gasteiger charge is -2.49. The Hall–Kier alpha value is -1.68. The lowest BCUT2D eigenvalue weighted by Crippen LogP contribution is -2.55. The fourth-order valence-corrected chi connectivity index (χ4v) is 5.54. The van der Waals surface area contributed by atoms with Gasteiger partial charge in [0.2, 0.25) is 0 Å². The van der Waals surface area contributed by atoms with Crippen molar-refractivity contribution < 1.29 is 4.79 Å². The summed E-state index contributed by atoms with van der Waals surface area (Å²) in [5.74, 6) is 0.212. The summed E-state index contributed by atoms with van der Waals surface area (Å²) < 4.78 is 0. The monoisotopic (exact) mass is 354 g/mol. The summed E-state index contributed by atoms with van der Waals surface area (Å²) in [7, 11) is 0. The zero-order valence-electron chi connectivity index (χ0n) is 14.9. The van der Waals surface area contributed by atoms with E-state index in [1.165, 1.54) is 30.4 Å². The van der Waals surface area contributed by atoms with E-state index >= 15 is 0 Å². The van der Waals surface area contributed by atoms with E-state index in [9.17, 15) is 4.79 Å². The molecule has 3 nitrogen and oxygen atoms in total. The van der Waals surface area contributed by atoms with Gasteiger partial charge in [-0.3, -0.25) is 4.79 Å². The van der Waals surface area contributed by atoms with Gasteiger partial charge in [0.15, 0.2) is 5.50 Å². The first-order valence-corrected chi connectivity index (χ1v) is 10.5. The van der Waals surface area contributed by atoms with Crippen LogP contribution >= 0.6 is 11.8 Å². The molecule has 1 saturated carbocycles. The molecule has 1 aromatic carbocycles. The fourth-order valence-electron chi connectivity index (χ4n) is 4.87. The number of hydrogen-bond acceptors (Lipinski definition) is 3. The number of nitrogens with zero attached hydrogens (tertiary/aromatic N) is 1. The van der Waals surface area contributed by atoms with E-state index in [-0.39, 0.29) is 16.8 Å². The molecule has 4 rings (SSSR count). The first kappa shape index (κ1) is 16.8. The molecule has 1 amide bonds. The predicted octanol–water partition coefficient (Wildman–Crippen LogP) is 4.17. The maximum Gasteiger partial charge on any atom is 0.255 e. The number of thioether (sulfide) groups is 1. The molecule has 3 aliphatic rings. The summed E-state index contributed by atoms with van der Waals surface area (Å²) in [6, 6.07) is 8.62. The Balaban J connectivity index is 1.89. The first-order chi connectivity index (χ1) is 12.2. The highest BCUT2D eigenvalue weighted by Gasteiger charge is 2.48. The second-order valence-electron chi connectivity index (χ2n) is 7.40. The highest BCUT2D eigenvalue weighted by Crippen LogP contribution is 2.52. The van der Waals surface area contributed by atoms with E-state index in [1.807, 2.05) is 11.0 Å². The molecule has 0 aromatic heterocycles. The molecule has 0 radical (unpaired) electrons. The fraction of sp³-hybridized carbons (Fsp3) is 0.476. The minimum Gasteiger partial charge on any atom is -0.356 e. The van der Waals surface area contributed by atoms with Crippen LogP contribution in [-0.4, -0.2) is 29.1 Å². The van der Waals surface area contributed by atoms with Gasteiger partial charge >= 0.3 is 0 Å². The molecule has 4 heteroatoms. The van der Waals surface area contributed by atoms with Crippen molar-refractivity contribution >= 4 is 23.4 Å². The molecular weight excluding hydrogens is 328 g/mol. The van der Waals surface area contributed by atoms with Crippen LogP contribution in [0.15, 0.2) is 42.5 Å². The van der Waals surface area contributed by atoms with Gasteiger partial charge in [-0.2, -0.15) is 0 Å². The summed E-state index contributed by atoms with van der Waals surface area (Å²) >= 11 is 1.68. The van der Waals surface area contributed by atoms with Crippen LogP contribution in [0.2, 0.25) is 0 Å². The number of hydrogen-bond donors (Lipinski definition) is 1. The van der Waals surface area contributed by atoms with Gasteiger partial charge in [-0.05, 0) is 31.1 Å². The van der Waals surface area contributed by atoms with Crippen LogP contribution in [-0.2, 0) is 11.2 Å². The summed E-state index contributed by atoms with van der Waals surface area (Å²) in [4.78, 5) is 15.5. The Morgan fingerprint density at radius 1 is 1.32 bits per heavy atom. The second kappa shape index (κ2) is 6.56. The predicted molar refractivity (Wildman–Crippen MR) is 105 cm³/mol. The van der Waals surface area contributed by atoms with E-state index in [0.717, 1.165) is 30.5 Å². The largest absolute Gasteiger partial charge is 0.356 e. The van der Waals surface area contributed by atoms with Gasteiger partial charge in [-0.25, -0.2) is 0 Å². The zero-order valence-corrected chi connectivity index (χ0v) is 15.7. The van der Waals surface area contributed by atoms with E-state index < -0.39 is 0 Å². The molecule has 1 aliphatic heterocycles. The Morgan fingerprint density at radius 2 is 2.08 bits per heavy atom. The molecule has 1 atom stereocenters. The Bertz CT molecular complexity index is 733. The molecule has 2 aliphatic carbocycles.